The van der Waals surface area contributed by atoms with Gasteiger partial charge in [0.2, 0.25) is 10.0 Å². The van der Waals surface area contributed by atoms with Crippen LogP contribution in [-0.2, 0) is 10.0 Å². The molecule has 1 fully saturated rings. The molecule has 1 aromatic carbocycles. The van der Waals surface area contributed by atoms with Crippen molar-refractivity contribution in [3.8, 4) is 0 Å². The van der Waals surface area contributed by atoms with E-state index in [1.54, 1.807) is 0 Å². The molecule has 3 N–H and O–H groups in total. The van der Waals surface area contributed by atoms with E-state index in [4.69, 9.17) is 5.73 Å². The van der Waals surface area contributed by atoms with Crippen LogP contribution in [0.5, 0.6) is 0 Å². The Morgan fingerprint density at radius 3 is 2.71 bits per heavy atom. The fourth-order valence-corrected chi connectivity index (χ4v) is 4.98. The molecule has 2 rings (SSSR count). The highest BCUT2D eigenvalue weighted by Crippen LogP contribution is 2.30. The molecule has 1 aromatic rings. The molecule has 0 heterocycles. The van der Waals surface area contributed by atoms with Crippen molar-refractivity contribution in [1.82, 2.24) is 4.72 Å². The molecule has 1 aliphatic carbocycles. The number of hydrogen-bond acceptors (Lipinski definition) is 3. The summed E-state index contributed by atoms with van der Waals surface area (Å²) >= 11 is 2.99. The first kappa shape index (κ1) is 16.7. The summed E-state index contributed by atoms with van der Waals surface area (Å²) in [4.78, 5) is -0.394. The molecule has 0 saturated heterocycles. The van der Waals surface area contributed by atoms with Crippen molar-refractivity contribution in [2.75, 3.05) is 5.73 Å². The molecule has 7 heteroatoms. The van der Waals surface area contributed by atoms with Gasteiger partial charge in [-0.15, -0.1) is 0 Å². The van der Waals surface area contributed by atoms with Gasteiger partial charge in [-0.2, -0.15) is 0 Å². The lowest BCUT2D eigenvalue weighted by Gasteiger charge is -2.31. The molecule has 0 radical (unpaired) electrons. The van der Waals surface area contributed by atoms with Crippen LogP contribution in [0.2, 0.25) is 0 Å². The smallest absolute Gasteiger partial charge is 0.243 e. The Labute approximate surface area is 133 Å². The van der Waals surface area contributed by atoms with Gasteiger partial charge in [-0.1, -0.05) is 26.2 Å². The van der Waals surface area contributed by atoms with Gasteiger partial charge >= 0.3 is 0 Å². The molecular weight excluding hydrogens is 359 g/mol. The zero-order chi connectivity index (χ0) is 15.6. The molecule has 0 bridgehead atoms. The molecule has 2 atom stereocenters. The molecule has 1 aliphatic rings. The summed E-state index contributed by atoms with van der Waals surface area (Å²) in [6.45, 7) is 2.05. The van der Waals surface area contributed by atoms with E-state index in [1.807, 2.05) is 0 Å². The molecule has 21 heavy (non-hydrogen) atoms. The van der Waals surface area contributed by atoms with Crippen LogP contribution < -0.4 is 10.5 Å². The molecule has 4 nitrogen and oxygen atoms in total. The van der Waals surface area contributed by atoms with Crippen LogP contribution in [-0.4, -0.2) is 14.5 Å². The summed E-state index contributed by atoms with van der Waals surface area (Å²) in [5.74, 6) is -0.498. The van der Waals surface area contributed by atoms with Gasteiger partial charge in [0.1, 0.15) is 4.90 Å². The van der Waals surface area contributed by atoms with E-state index in [2.05, 4.69) is 27.6 Å². The van der Waals surface area contributed by atoms with E-state index in [9.17, 15) is 12.8 Å². The van der Waals surface area contributed by atoms with Gasteiger partial charge in [-0.3, -0.25) is 0 Å². The fourth-order valence-electron chi connectivity index (χ4n) is 2.89. The number of nitrogens with two attached hydrogens (primary N) is 1. The zero-order valence-corrected chi connectivity index (χ0v) is 14.3. The average Bonchev–Trinajstić information content (AvgIpc) is 2.43. The van der Waals surface area contributed by atoms with Gasteiger partial charge in [0, 0.05) is 11.7 Å². The first-order chi connectivity index (χ1) is 9.85. The third-order valence-electron chi connectivity index (χ3n) is 4.05. The Hall–Kier alpha value is -0.660. The van der Waals surface area contributed by atoms with Gasteiger partial charge < -0.3 is 5.73 Å². The SMILES string of the molecule is CCC1CCCCC1NS(=O)(=O)c1cc(N)cc(Br)c1F. The quantitative estimate of drug-likeness (QED) is 0.788. The molecule has 2 unspecified atom stereocenters. The maximum Gasteiger partial charge on any atom is 0.243 e. The lowest BCUT2D eigenvalue weighted by atomic mass is 9.83. The van der Waals surface area contributed by atoms with Crippen molar-refractivity contribution in [2.24, 2.45) is 5.92 Å². The van der Waals surface area contributed by atoms with Crippen LogP contribution in [0.1, 0.15) is 39.0 Å². The lowest BCUT2D eigenvalue weighted by Crippen LogP contribution is -2.42. The largest absolute Gasteiger partial charge is 0.399 e. The molecule has 118 valence electrons. The number of nitrogens with one attached hydrogen (secondary N) is 1. The minimum atomic E-state index is -3.91. The predicted molar refractivity (Wildman–Crippen MR) is 84.9 cm³/mol. The van der Waals surface area contributed by atoms with Crippen LogP contribution in [0.4, 0.5) is 10.1 Å². The predicted octanol–water partition coefficient (Wildman–Crippen LogP) is 3.42. The first-order valence-electron chi connectivity index (χ1n) is 7.12. The molecule has 0 aliphatic heterocycles. The standard InChI is InChI=1S/C14H20BrFN2O2S/c1-2-9-5-3-4-6-12(9)18-21(19,20)13-8-10(17)7-11(15)14(13)16/h7-9,12,18H,2-6,17H2,1H3. The number of anilines is 1. The number of nitrogen functional groups attached to an aromatic ring is 1. The number of sulfonamides is 1. The number of benzene rings is 1. The second kappa shape index (κ2) is 6.62. The van der Waals surface area contributed by atoms with E-state index in [0.29, 0.717) is 5.92 Å². The van der Waals surface area contributed by atoms with Crippen molar-refractivity contribution in [2.45, 2.75) is 50.0 Å². The number of hydrogen-bond donors (Lipinski definition) is 2. The van der Waals surface area contributed by atoms with Crippen molar-refractivity contribution in [3.63, 3.8) is 0 Å². The van der Waals surface area contributed by atoms with E-state index in [0.717, 1.165) is 38.2 Å². The van der Waals surface area contributed by atoms with Crippen LogP contribution in [0.15, 0.2) is 21.5 Å². The molecular formula is C14H20BrFN2O2S. The minimum absolute atomic E-state index is 0.0542. The van der Waals surface area contributed by atoms with Gasteiger partial charge in [0.25, 0.3) is 0 Å². The zero-order valence-electron chi connectivity index (χ0n) is 11.9. The summed E-state index contributed by atoms with van der Waals surface area (Å²) in [7, 11) is -3.91. The topological polar surface area (TPSA) is 72.2 Å². The number of halogens is 2. The van der Waals surface area contributed by atoms with E-state index >= 15 is 0 Å². The van der Waals surface area contributed by atoms with Crippen LogP contribution in [0.25, 0.3) is 0 Å². The summed E-state index contributed by atoms with van der Waals surface area (Å²) in [6, 6.07) is 2.38. The van der Waals surface area contributed by atoms with E-state index in [1.165, 1.54) is 6.07 Å². The van der Waals surface area contributed by atoms with Crippen molar-refractivity contribution >= 4 is 31.6 Å². The number of rotatable bonds is 4. The van der Waals surface area contributed by atoms with Gasteiger partial charge in [0.15, 0.2) is 5.82 Å². The molecule has 0 aromatic heterocycles. The van der Waals surface area contributed by atoms with Crippen LogP contribution in [0, 0.1) is 11.7 Å². The molecule has 0 amide bonds. The van der Waals surface area contributed by atoms with Gasteiger partial charge in [0.05, 0.1) is 4.47 Å². The molecule has 0 spiro atoms. The summed E-state index contributed by atoms with van der Waals surface area (Å²) in [5, 5.41) is 0. The third-order valence-corrected chi connectivity index (χ3v) is 6.11. The Bertz CT molecular complexity index is 622. The normalized spacial score (nSPS) is 23.2. The monoisotopic (exact) mass is 378 g/mol. The van der Waals surface area contributed by atoms with E-state index in [-0.39, 0.29) is 16.2 Å². The average molecular weight is 379 g/mol. The van der Waals surface area contributed by atoms with Gasteiger partial charge in [-0.25, -0.2) is 17.5 Å². The maximum absolute atomic E-state index is 14.1. The lowest BCUT2D eigenvalue weighted by molar-refractivity contribution is 0.282. The van der Waals surface area contributed by atoms with Crippen molar-refractivity contribution in [3.05, 3.63) is 22.4 Å². The fraction of sp³-hybridized carbons (Fsp3) is 0.571. The Kier molecular flexibility index (Phi) is 5.27. The third kappa shape index (κ3) is 3.76. The van der Waals surface area contributed by atoms with Gasteiger partial charge in [-0.05, 0) is 46.8 Å². The van der Waals surface area contributed by atoms with Crippen molar-refractivity contribution in [1.29, 1.82) is 0 Å². The summed E-state index contributed by atoms with van der Waals surface area (Å²) < 4.78 is 41.7. The Morgan fingerprint density at radius 1 is 1.38 bits per heavy atom. The maximum atomic E-state index is 14.1. The minimum Gasteiger partial charge on any atom is -0.399 e. The first-order valence-corrected chi connectivity index (χ1v) is 9.39. The highest BCUT2D eigenvalue weighted by molar-refractivity contribution is 9.10. The van der Waals surface area contributed by atoms with Crippen LogP contribution in [0.3, 0.4) is 0 Å². The Morgan fingerprint density at radius 2 is 2.05 bits per heavy atom. The second-order valence-corrected chi connectivity index (χ2v) is 8.03. The highest BCUT2D eigenvalue weighted by atomic mass is 79.9. The summed E-state index contributed by atoms with van der Waals surface area (Å²) in [5.41, 5.74) is 5.83. The highest BCUT2D eigenvalue weighted by Gasteiger charge is 2.30. The second-order valence-electron chi connectivity index (χ2n) is 5.50. The summed E-state index contributed by atoms with van der Waals surface area (Å²) in [6.07, 6.45) is 4.83. The Balaban J connectivity index is 2.30. The van der Waals surface area contributed by atoms with Crippen molar-refractivity contribution < 1.29 is 12.8 Å². The van der Waals surface area contributed by atoms with Crippen LogP contribution >= 0.6 is 15.9 Å². The van der Waals surface area contributed by atoms with E-state index < -0.39 is 20.7 Å². The molecule has 1 saturated carbocycles.